The summed E-state index contributed by atoms with van der Waals surface area (Å²) < 4.78 is 0. The topological polar surface area (TPSA) is 15.3 Å². The first-order chi connectivity index (χ1) is 9.81. The van der Waals surface area contributed by atoms with Crippen LogP contribution in [0.4, 0.5) is 0 Å². The third-order valence-corrected chi connectivity index (χ3v) is 4.40. The highest BCUT2D eigenvalue weighted by Gasteiger charge is 2.21. The van der Waals surface area contributed by atoms with Crippen LogP contribution < -0.4 is 5.32 Å². The molecule has 1 aromatic carbocycles. The van der Waals surface area contributed by atoms with Gasteiger partial charge in [-0.15, -0.1) is 0 Å². The van der Waals surface area contributed by atoms with Gasteiger partial charge >= 0.3 is 0 Å². The zero-order valence-electron chi connectivity index (χ0n) is 13.1. The molecule has 112 valence electrons. The molecule has 0 saturated carbocycles. The van der Waals surface area contributed by atoms with Crippen LogP contribution in [0, 0.1) is 5.92 Å². The average Bonchev–Trinajstić information content (AvgIpc) is 2.74. The van der Waals surface area contributed by atoms with Gasteiger partial charge in [0, 0.05) is 12.6 Å². The van der Waals surface area contributed by atoms with Crippen LogP contribution in [-0.2, 0) is 0 Å². The molecule has 0 aliphatic carbocycles. The summed E-state index contributed by atoms with van der Waals surface area (Å²) in [7, 11) is 0. The summed E-state index contributed by atoms with van der Waals surface area (Å²) in [5.74, 6) is 0.649. The van der Waals surface area contributed by atoms with E-state index in [1.807, 2.05) is 0 Å². The quantitative estimate of drug-likeness (QED) is 0.847. The Bertz CT molecular complexity index is 355. The molecule has 1 aromatic rings. The maximum absolute atomic E-state index is 3.68. The van der Waals surface area contributed by atoms with Crippen LogP contribution in [0.3, 0.4) is 0 Å². The second-order valence-corrected chi connectivity index (χ2v) is 6.14. The molecule has 1 fully saturated rings. The van der Waals surface area contributed by atoms with Crippen molar-refractivity contribution in [1.29, 1.82) is 0 Å². The third kappa shape index (κ3) is 4.60. The Balaban J connectivity index is 1.97. The zero-order valence-corrected chi connectivity index (χ0v) is 13.1. The molecule has 0 amide bonds. The summed E-state index contributed by atoms with van der Waals surface area (Å²) >= 11 is 0. The van der Waals surface area contributed by atoms with Gasteiger partial charge in [-0.1, -0.05) is 57.0 Å². The second kappa shape index (κ2) is 8.43. The lowest BCUT2D eigenvalue weighted by atomic mass is 9.93. The van der Waals surface area contributed by atoms with Crippen molar-refractivity contribution in [2.75, 3.05) is 26.2 Å². The number of likely N-dealkylation sites (tertiary alicyclic amines) is 1. The van der Waals surface area contributed by atoms with Gasteiger partial charge in [-0.2, -0.15) is 0 Å². The molecule has 2 nitrogen and oxygen atoms in total. The maximum Gasteiger partial charge on any atom is 0.0358 e. The maximum atomic E-state index is 3.68. The van der Waals surface area contributed by atoms with Gasteiger partial charge in [0.2, 0.25) is 0 Å². The smallest absolute Gasteiger partial charge is 0.0358 e. The summed E-state index contributed by atoms with van der Waals surface area (Å²) in [5, 5.41) is 3.68. The first kappa shape index (κ1) is 15.5. The lowest BCUT2D eigenvalue weighted by Crippen LogP contribution is -2.36. The van der Waals surface area contributed by atoms with E-state index in [4.69, 9.17) is 0 Å². The number of hydrogen-bond acceptors (Lipinski definition) is 2. The van der Waals surface area contributed by atoms with E-state index < -0.39 is 0 Å². The largest absolute Gasteiger partial charge is 0.310 e. The molecule has 2 heteroatoms. The van der Waals surface area contributed by atoms with Crippen molar-refractivity contribution < 1.29 is 0 Å². The molecule has 0 spiro atoms. The molecule has 2 atom stereocenters. The fourth-order valence-corrected chi connectivity index (χ4v) is 3.36. The Morgan fingerprint density at radius 1 is 1.05 bits per heavy atom. The van der Waals surface area contributed by atoms with E-state index in [1.54, 1.807) is 0 Å². The minimum Gasteiger partial charge on any atom is -0.310 e. The van der Waals surface area contributed by atoms with E-state index in [1.165, 1.54) is 50.9 Å². The molecule has 0 aromatic heterocycles. The van der Waals surface area contributed by atoms with Gasteiger partial charge in [-0.25, -0.2) is 0 Å². The SMILES string of the molecule is CCNC(c1ccccc1)C(C)CN1CCCCCC1. The van der Waals surface area contributed by atoms with E-state index in [9.17, 15) is 0 Å². The van der Waals surface area contributed by atoms with Crippen molar-refractivity contribution >= 4 is 0 Å². The molecule has 2 rings (SSSR count). The van der Waals surface area contributed by atoms with Gasteiger partial charge in [-0.3, -0.25) is 0 Å². The van der Waals surface area contributed by atoms with Gasteiger partial charge in [0.15, 0.2) is 0 Å². The van der Waals surface area contributed by atoms with Crippen molar-refractivity contribution in [2.24, 2.45) is 5.92 Å². The van der Waals surface area contributed by atoms with Gasteiger partial charge in [-0.05, 0) is 44.0 Å². The molecule has 1 aliphatic rings. The fourth-order valence-electron chi connectivity index (χ4n) is 3.36. The second-order valence-electron chi connectivity index (χ2n) is 6.14. The van der Waals surface area contributed by atoms with E-state index >= 15 is 0 Å². The fraction of sp³-hybridized carbons (Fsp3) is 0.667. The number of benzene rings is 1. The number of nitrogens with one attached hydrogen (secondary N) is 1. The van der Waals surface area contributed by atoms with Crippen molar-refractivity contribution in [1.82, 2.24) is 10.2 Å². The standard InChI is InChI=1S/C18H30N2/c1-3-19-18(17-11-7-6-8-12-17)16(2)15-20-13-9-4-5-10-14-20/h6-8,11-12,16,18-19H,3-5,9-10,13-15H2,1-2H3. The molecular formula is C18H30N2. The van der Waals surface area contributed by atoms with Gasteiger partial charge in [0.25, 0.3) is 0 Å². The minimum atomic E-state index is 0.476. The van der Waals surface area contributed by atoms with Crippen LogP contribution in [0.25, 0.3) is 0 Å². The van der Waals surface area contributed by atoms with E-state index in [0.717, 1.165) is 6.54 Å². The average molecular weight is 274 g/mol. The van der Waals surface area contributed by atoms with Gasteiger partial charge in [0.05, 0.1) is 0 Å². The Kier molecular flexibility index (Phi) is 6.55. The lowest BCUT2D eigenvalue weighted by molar-refractivity contribution is 0.218. The van der Waals surface area contributed by atoms with Crippen molar-refractivity contribution in [3.8, 4) is 0 Å². The van der Waals surface area contributed by atoms with Crippen molar-refractivity contribution in [2.45, 2.75) is 45.6 Å². The molecule has 0 radical (unpaired) electrons. The summed E-state index contributed by atoms with van der Waals surface area (Å²) in [5.41, 5.74) is 1.43. The highest BCUT2D eigenvalue weighted by molar-refractivity contribution is 5.19. The van der Waals surface area contributed by atoms with Gasteiger partial charge in [0.1, 0.15) is 0 Å². The summed E-state index contributed by atoms with van der Waals surface area (Å²) in [4.78, 5) is 2.67. The van der Waals surface area contributed by atoms with Crippen molar-refractivity contribution in [3.63, 3.8) is 0 Å². The van der Waals surface area contributed by atoms with Crippen LogP contribution in [0.5, 0.6) is 0 Å². The summed E-state index contributed by atoms with van der Waals surface area (Å²) in [6.07, 6.45) is 5.59. The first-order valence-corrected chi connectivity index (χ1v) is 8.32. The Labute approximate surface area is 124 Å². The highest BCUT2D eigenvalue weighted by atomic mass is 15.1. The summed E-state index contributed by atoms with van der Waals surface area (Å²) in [6.45, 7) is 9.42. The molecule has 0 bridgehead atoms. The molecule has 1 N–H and O–H groups in total. The third-order valence-electron chi connectivity index (χ3n) is 4.40. The molecular weight excluding hydrogens is 244 g/mol. The lowest BCUT2D eigenvalue weighted by Gasteiger charge is -2.30. The van der Waals surface area contributed by atoms with Crippen LogP contribution in [0.1, 0.15) is 51.1 Å². The Morgan fingerprint density at radius 2 is 1.70 bits per heavy atom. The van der Waals surface area contributed by atoms with Crippen LogP contribution in [0.15, 0.2) is 30.3 Å². The Hall–Kier alpha value is -0.860. The van der Waals surface area contributed by atoms with Crippen LogP contribution >= 0.6 is 0 Å². The molecule has 1 aliphatic heterocycles. The normalized spacial score (nSPS) is 20.3. The highest BCUT2D eigenvalue weighted by Crippen LogP contribution is 2.23. The molecule has 1 saturated heterocycles. The Morgan fingerprint density at radius 3 is 2.30 bits per heavy atom. The first-order valence-electron chi connectivity index (χ1n) is 8.32. The number of hydrogen-bond donors (Lipinski definition) is 1. The van der Waals surface area contributed by atoms with Gasteiger partial charge < -0.3 is 10.2 Å². The summed E-state index contributed by atoms with van der Waals surface area (Å²) in [6, 6.07) is 11.4. The zero-order chi connectivity index (χ0) is 14.2. The van der Waals surface area contributed by atoms with Crippen molar-refractivity contribution in [3.05, 3.63) is 35.9 Å². The van der Waals surface area contributed by atoms with Crippen LogP contribution in [0.2, 0.25) is 0 Å². The minimum absolute atomic E-state index is 0.476. The molecule has 1 heterocycles. The van der Waals surface area contributed by atoms with E-state index in [-0.39, 0.29) is 0 Å². The van der Waals surface area contributed by atoms with E-state index in [0.29, 0.717) is 12.0 Å². The monoisotopic (exact) mass is 274 g/mol. The van der Waals surface area contributed by atoms with Crippen LogP contribution in [-0.4, -0.2) is 31.1 Å². The predicted octanol–water partition coefficient (Wildman–Crippen LogP) is 3.85. The predicted molar refractivity (Wildman–Crippen MR) is 86.9 cm³/mol. The molecule has 2 unspecified atom stereocenters. The number of rotatable bonds is 6. The molecule has 20 heavy (non-hydrogen) atoms. The van der Waals surface area contributed by atoms with E-state index in [2.05, 4.69) is 54.4 Å². The number of nitrogens with zero attached hydrogens (tertiary/aromatic N) is 1.